The number of benzene rings is 1. The molecule has 1 unspecified atom stereocenters. The van der Waals surface area contributed by atoms with E-state index in [1.165, 1.54) is 29.5 Å². The molecule has 2 rings (SSSR count). The van der Waals surface area contributed by atoms with Crippen molar-refractivity contribution >= 4 is 34.5 Å². The Kier molecular flexibility index (Phi) is 4.22. The van der Waals surface area contributed by atoms with Crippen LogP contribution in [0.25, 0.3) is 0 Å². The van der Waals surface area contributed by atoms with Gasteiger partial charge < -0.3 is 5.73 Å². The molecule has 0 aliphatic rings. The van der Waals surface area contributed by atoms with E-state index in [9.17, 15) is 8.78 Å². The van der Waals surface area contributed by atoms with Gasteiger partial charge in [0.2, 0.25) is 0 Å². The third-order valence-electron chi connectivity index (χ3n) is 2.57. The molecule has 0 aliphatic carbocycles. The van der Waals surface area contributed by atoms with E-state index >= 15 is 0 Å². The van der Waals surface area contributed by atoms with Gasteiger partial charge in [-0.2, -0.15) is 0 Å². The van der Waals surface area contributed by atoms with Gasteiger partial charge in [-0.1, -0.05) is 29.3 Å². The molecule has 0 spiro atoms. The molecule has 96 valence electrons. The SMILES string of the molecule is NC(Cc1c(F)cccc1F)c1cc(Cl)sc1Cl. The van der Waals surface area contributed by atoms with Crippen LogP contribution in [0.15, 0.2) is 24.3 Å². The van der Waals surface area contributed by atoms with E-state index in [-0.39, 0.29) is 12.0 Å². The van der Waals surface area contributed by atoms with E-state index in [2.05, 4.69) is 0 Å². The lowest BCUT2D eigenvalue weighted by Crippen LogP contribution is -2.14. The molecule has 1 atom stereocenters. The topological polar surface area (TPSA) is 26.0 Å². The third kappa shape index (κ3) is 2.83. The molecule has 2 N–H and O–H groups in total. The summed E-state index contributed by atoms with van der Waals surface area (Å²) in [4.78, 5) is 0. The molecule has 18 heavy (non-hydrogen) atoms. The fourth-order valence-electron chi connectivity index (χ4n) is 1.66. The van der Waals surface area contributed by atoms with Crippen LogP contribution in [0.3, 0.4) is 0 Å². The molecule has 0 saturated heterocycles. The van der Waals surface area contributed by atoms with Crippen molar-refractivity contribution in [2.75, 3.05) is 0 Å². The first kappa shape index (κ1) is 13.7. The van der Waals surface area contributed by atoms with Crippen LogP contribution in [0, 0.1) is 11.6 Å². The summed E-state index contributed by atoms with van der Waals surface area (Å²) in [7, 11) is 0. The van der Waals surface area contributed by atoms with Crippen molar-refractivity contribution in [1.82, 2.24) is 0 Å². The van der Waals surface area contributed by atoms with Crippen molar-refractivity contribution < 1.29 is 8.78 Å². The molecule has 0 fully saturated rings. The van der Waals surface area contributed by atoms with Crippen molar-refractivity contribution in [1.29, 1.82) is 0 Å². The van der Waals surface area contributed by atoms with Gasteiger partial charge in [0, 0.05) is 17.2 Å². The lowest BCUT2D eigenvalue weighted by molar-refractivity contribution is 0.540. The molecule has 1 aromatic carbocycles. The zero-order chi connectivity index (χ0) is 13.3. The van der Waals surface area contributed by atoms with Crippen LogP contribution in [0.5, 0.6) is 0 Å². The highest BCUT2D eigenvalue weighted by Gasteiger charge is 2.18. The highest BCUT2D eigenvalue weighted by Crippen LogP contribution is 2.35. The highest BCUT2D eigenvalue weighted by molar-refractivity contribution is 7.20. The van der Waals surface area contributed by atoms with Gasteiger partial charge in [0.05, 0.1) is 8.67 Å². The van der Waals surface area contributed by atoms with Crippen molar-refractivity contribution in [2.45, 2.75) is 12.5 Å². The molecule has 1 aromatic heterocycles. The predicted octanol–water partition coefficient (Wildman–Crippen LogP) is 4.58. The Morgan fingerprint density at radius 3 is 2.33 bits per heavy atom. The van der Waals surface area contributed by atoms with Gasteiger partial charge in [-0.3, -0.25) is 0 Å². The molecule has 1 heterocycles. The first-order valence-corrected chi connectivity index (χ1v) is 6.69. The molecule has 6 heteroatoms. The minimum Gasteiger partial charge on any atom is -0.324 e. The van der Waals surface area contributed by atoms with E-state index in [0.717, 1.165) is 0 Å². The second-order valence-electron chi connectivity index (χ2n) is 3.79. The third-order valence-corrected chi connectivity index (χ3v) is 4.09. The lowest BCUT2D eigenvalue weighted by atomic mass is 10.0. The fourth-order valence-corrected chi connectivity index (χ4v) is 3.26. The summed E-state index contributed by atoms with van der Waals surface area (Å²) in [5.74, 6) is -1.22. The van der Waals surface area contributed by atoms with E-state index < -0.39 is 17.7 Å². The molecule has 0 bridgehead atoms. The number of nitrogens with two attached hydrogens (primary N) is 1. The van der Waals surface area contributed by atoms with Gasteiger partial charge in [-0.25, -0.2) is 8.78 Å². The van der Waals surface area contributed by atoms with Gasteiger partial charge in [0.25, 0.3) is 0 Å². The van der Waals surface area contributed by atoms with Crippen LogP contribution in [-0.2, 0) is 6.42 Å². The standard InChI is InChI=1S/C12H9Cl2F2NS/c13-11-5-7(12(14)18-11)10(17)4-6-8(15)2-1-3-9(6)16/h1-3,5,10H,4,17H2. The Hall–Kier alpha value is -0.680. The minimum atomic E-state index is -0.608. The lowest BCUT2D eigenvalue weighted by Gasteiger charge is -2.12. The predicted molar refractivity (Wildman–Crippen MR) is 71.3 cm³/mol. The summed E-state index contributed by atoms with van der Waals surface area (Å²) in [6.45, 7) is 0. The molecule has 0 radical (unpaired) electrons. The minimum absolute atomic E-state index is 0.0330. The Morgan fingerprint density at radius 1 is 1.22 bits per heavy atom. The number of rotatable bonds is 3. The number of thiophene rings is 1. The van der Waals surface area contributed by atoms with Crippen LogP contribution in [0.1, 0.15) is 17.2 Å². The number of halogens is 4. The Bertz CT molecular complexity index is 551. The van der Waals surface area contributed by atoms with Crippen LogP contribution in [0.4, 0.5) is 8.78 Å². The van der Waals surface area contributed by atoms with Crippen LogP contribution in [0.2, 0.25) is 8.67 Å². The second kappa shape index (κ2) is 5.53. The van der Waals surface area contributed by atoms with E-state index in [4.69, 9.17) is 28.9 Å². The van der Waals surface area contributed by atoms with E-state index in [0.29, 0.717) is 14.2 Å². The quantitative estimate of drug-likeness (QED) is 0.882. The maximum Gasteiger partial charge on any atom is 0.129 e. The summed E-state index contributed by atoms with van der Waals surface area (Å²) in [5.41, 5.74) is 6.48. The second-order valence-corrected chi connectivity index (χ2v) is 6.08. The Morgan fingerprint density at radius 2 is 1.83 bits per heavy atom. The molecule has 1 nitrogen and oxygen atoms in total. The summed E-state index contributed by atoms with van der Waals surface area (Å²) in [6.07, 6.45) is 0.0330. The van der Waals surface area contributed by atoms with Gasteiger partial charge in [-0.05, 0) is 24.6 Å². The summed E-state index contributed by atoms with van der Waals surface area (Å²) >= 11 is 12.9. The first-order valence-electron chi connectivity index (χ1n) is 5.12. The highest BCUT2D eigenvalue weighted by atomic mass is 35.5. The summed E-state index contributed by atoms with van der Waals surface area (Å²) < 4.78 is 27.9. The molecular formula is C12H9Cl2F2NS. The summed E-state index contributed by atoms with van der Waals surface area (Å²) in [6, 6.07) is 4.75. The van der Waals surface area contributed by atoms with Gasteiger partial charge in [-0.15, -0.1) is 11.3 Å². The van der Waals surface area contributed by atoms with Crippen molar-refractivity contribution in [3.63, 3.8) is 0 Å². The number of hydrogen-bond donors (Lipinski definition) is 1. The molecule has 0 saturated carbocycles. The zero-order valence-electron chi connectivity index (χ0n) is 9.09. The van der Waals surface area contributed by atoms with Gasteiger partial charge >= 0.3 is 0 Å². The normalized spacial score (nSPS) is 12.7. The average Bonchev–Trinajstić information content (AvgIpc) is 2.63. The molecule has 2 aromatic rings. The maximum absolute atomic E-state index is 13.5. The van der Waals surface area contributed by atoms with Crippen molar-refractivity contribution in [3.8, 4) is 0 Å². The van der Waals surface area contributed by atoms with Gasteiger partial charge in [0.15, 0.2) is 0 Å². The van der Waals surface area contributed by atoms with E-state index in [1.54, 1.807) is 6.07 Å². The average molecular weight is 308 g/mol. The summed E-state index contributed by atoms with van der Waals surface area (Å²) in [5, 5.41) is 0. The fraction of sp³-hybridized carbons (Fsp3) is 0.167. The van der Waals surface area contributed by atoms with Crippen molar-refractivity contribution in [3.05, 3.63) is 55.7 Å². The Labute approximate surface area is 117 Å². The van der Waals surface area contributed by atoms with Crippen LogP contribution < -0.4 is 5.73 Å². The smallest absolute Gasteiger partial charge is 0.129 e. The van der Waals surface area contributed by atoms with Crippen LogP contribution in [-0.4, -0.2) is 0 Å². The largest absolute Gasteiger partial charge is 0.324 e. The van der Waals surface area contributed by atoms with E-state index in [1.807, 2.05) is 0 Å². The van der Waals surface area contributed by atoms with Crippen LogP contribution >= 0.6 is 34.5 Å². The molecular weight excluding hydrogens is 299 g/mol. The Balaban J connectivity index is 2.26. The monoisotopic (exact) mass is 307 g/mol. The first-order chi connectivity index (χ1) is 8.49. The maximum atomic E-state index is 13.5. The molecule has 0 aliphatic heterocycles. The van der Waals surface area contributed by atoms with Gasteiger partial charge in [0.1, 0.15) is 11.6 Å². The molecule has 0 amide bonds. The van der Waals surface area contributed by atoms with Crippen molar-refractivity contribution in [2.24, 2.45) is 5.73 Å². The zero-order valence-corrected chi connectivity index (χ0v) is 11.4. The number of hydrogen-bond acceptors (Lipinski definition) is 2.